The molecule has 0 spiro atoms. The molecule has 7 heteroatoms. The second-order valence-electron chi connectivity index (χ2n) is 6.16. The third kappa shape index (κ3) is 5.68. The molecule has 0 bridgehead atoms. The molecule has 0 aliphatic carbocycles. The van der Waals surface area contributed by atoms with Crippen molar-refractivity contribution in [2.75, 3.05) is 30.9 Å². The van der Waals surface area contributed by atoms with E-state index in [1.165, 1.54) is 11.9 Å². The van der Waals surface area contributed by atoms with Gasteiger partial charge in [-0.2, -0.15) is 0 Å². The number of carbonyl (C=O) groups excluding carboxylic acids is 4. The molecule has 1 aromatic carbocycles. The molecule has 1 atom stereocenters. The molecule has 2 amide bonds. The maximum Gasteiger partial charge on any atom is 0.242 e. The Bertz CT molecular complexity index is 631. The summed E-state index contributed by atoms with van der Waals surface area (Å²) in [7, 11) is 5.22. The van der Waals surface area contributed by atoms with Gasteiger partial charge in [0, 0.05) is 34.0 Å². The maximum absolute atomic E-state index is 12.2. The van der Waals surface area contributed by atoms with E-state index in [9.17, 15) is 19.2 Å². The molecule has 0 heterocycles. The fourth-order valence-corrected chi connectivity index (χ4v) is 2.78. The Labute approximate surface area is 154 Å². The van der Waals surface area contributed by atoms with E-state index < -0.39 is 6.04 Å². The molecule has 0 radical (unpaired) electrons. The number of amides is 2. The molecule has 0 aliphatic heterocycles. The summed E-state index contributed by atoms with van der Waals surface area (Å²) in [6.45, 7) is 0. The number of likely N-dealkylation sites (N-methyl/N-ethyl adjacent to an activating group) is 1. The molecule has 1 unspecified atom stereocenters. The lowest BCUT2D eigenvalue weighted by Gasteiger charge is -2.30. The first-order valence-electron chi connectivity index (χ1n) is 8.62. The monoisotopic (exact) mass is 361 g/mol. The van der Waals surface area contributed by atoms with Gasteiger partial charge in [-0.3, -0.25) is 9.59 Å². The molecule has 26 heavy (non-hydrogen) atoms. The van der Waals surface area contributed by atoms with Crippen LogP contribution in [0.25, 0.3) is 0 Å². The highest BCUT2D eigenvalue weighted by Gasteiger charge is 2.27. The van der Waals surface area contributed by atoms with Gasteiger partial charge < -0.3 is 24.7 Å². The first-order chi connectivity index (χ1) is 12.5. The zero-order valence-electron chi connectivity index (χ0n) is 15.6. The summed E-state index contributed by atoms with van der Waals surface area (Å²) in [5, 5.41) is 2.55. The molecule has 7 nitrogen and oxygen atoms in total. The lowest BCUT2D eigenvalue weighted by molar-refractivity contribution is -0.123. The number of nitrogens with zero attached hydrogens (tertiary/aromatic N) is 2. The van der Waals surface area contributed by atoms with Crippen molar-refractivity contribution in [2.24, 2.45) is 0 Å². The van der Waals surface area contributed by atoms with Crippen molar-refractivity contribution in [3.8, 4) is 0 Å². The SMILES string of the molecule is CNC(=O)C(CCC=O)N(C=O)c1ccc(CCCC=O)cc1N(C)C. The van der Waals surface area contributed by atoms with Crippen LogP contribution in [0.4, 0.5) is 11.4 Å². The van der Waals surface area contributed by atoms with Crippen LogP contribution in [0.5, 0.6) is 0 Å². The van der Waals surface area contributed by atoms with Crippen molar-refractivity contribution in [1.82, 2.24) is 5.32 Å². The lowest BCUT2D eigenvalue weighted by atomic mass is 10.0. The van der Waals surface area contributed by atoms with Gasteiger partial charge in [0.15, 0.2) is 0 Å². The minimum Gasteiger partial charge on any atom is -0.376 e. The Morgan fingerprint density at radius 3 is 2.35 bits per heavy atom. The van der Waals surface area contributed by atoms with Gasteiger partial charge in [-0.25, -0.2) is 0 Å². The van der Waals surface area contributed by atoms with Crippen LogP contribution in [-0.2, 0) is 25.6 Å². The molecule has 1 N–H and O–H groups in total. The second kappa shape index (κ2) is 11.0. The average Bonchev–Trinajstić information content (AvgIpc) is 2.65. The smallest absolute Gasteiger partial charge is 0.242 e. The van der Waals surface area contributed by atoms with Crippen LogP contribution < -0.4 is 15.1 Å². The van der Waals surface area contributed by atoms with E-state index in [1.807, 2.05) is 31.1 Å². The number of nitrogens with one attached hydrogen (secondary N) is 1. The molecule has 1 aromatic rings. The van der Waals surface area contributed by atoms with E-state index in [0.717, 1.165) is 36.7 Å². The summed E-state index contributed by atoms with van der Waals surface area (Å²) in [6.07, 6.45) is 4.71. The van der Waals surface area contributed by atoms with Crippen molar-refractivity contribution in [3.05, 3.63) is 23.8 Å². The molecule has 0 saturated heterocycles. The van der Waals surface area contributed by atoms with Gasteiger partial charge in [0.1, 0.15) is 18.6 Å². The van der Waals surface area contributed by atoms with Crippen LogP contribution in [-0.4, -0.2) is 52.1 Å². The predicted molar refractivity (Wildman–Crippen MR) is 101 cm³/mol. The van der Waals surface area contributed by atoms with E-state index in [-0.39, 0.29) is 18.7 Å². The van der Waals surface area contributed by atoms with Crippen LogP contribution >= 0.6 is 0 Å². The molecule has 142 valence electrons. The van der Waals surface area contributed by atoms with E-state index in [0.29, 0.717) is 18.5 Å². The number of hydrogen-bond acceptors (Lipinski definition) is 5. The summed E-state index contributed by atoms with van der Waals surface area (Å²) in [5.41, 5.74) is 2.44. The zero-order valence-corrected chi connectivity index (χ0v) is 15.6. The quantitative estimate of drug-likeness (QED) is 0.448. The predicted octanol–water partition coefficient (Wildman–Crippen LogP) is 1.33. The Morgan fingerprint density at radius 2 is 1.81 bits per heavy atom. The summed E-state index contributed by atoms with van der Waals surface area (Å²) in [4.78, 5) is 48.5. The van der Waals surface area contributed by atoms with Crippen molar-refractivity contribution in [3.63, 3.8) is 0 Å². The largest absolute Gasteiger partial charge is 0.376 e. The molecular formula is C19H27N3O4. The maximum atomic E-state index is 12.2. The number of rotatable bonds is 12. The van der Waals surface area contributed by atoms with Gasteiger partial charge >= 0.3 is 0 Å². The van der Waals surface area contributed by atoms with Crippen molar-refractivity contribution in [2.45, 2.75) is 38.1 Å². The number of unbranched alkanes of at least 4 members (excludes halogenated alkanes) is 1. The number of carbonyl (C=O) groups is 4. The van der Waals surface area contributed by atoms with E-state index in [1.54, 1.807) is 6.07 Å². The van der Waals surface area contributed by atoms with Gasteiger partial charge in [-0.15, -0.1) is 0 Å². The van der Waals surface area contributed by atoms with Crippen LogP contribution in [0.1, 0.15) is 31.2 Å². The number of aryl methyl sites for hydroxylation is 1. The molecule has 1 rings (SSSR count). The minimum atomic E-state index is -0.762. The Balaban J connectivity index is 3.24. The molecule has 0 aromatic heterocycles. The summed E-state index contributed by atoms with van der Waals surface area (Å²) in [5.74, 6) is -0.321. The first-order valence-corrected chi connectivity index (χ1v) is 8.62. The summed E-state index contributed by atoms with van der Waals surface area (Å²) < 4.78 is 0. The standard InChI is InChI=1S/C19H27N3O4/c1-20-19(26)17(8-6-12-24)22(14-25)16-10-9-15(7-4-5-11-23)13-18(16)21(2)3/h9-14,17H,4-8H2,1-3H3,(H,20,26). The molecule has 0 saturated carbocycles. The summed E-state index contributed by atoms with van der Waals surface area (Å²) >= 11 is 0. The number of anilines is 2. The van der Waals surface area contributed by atoms with Crippen LogP contribution in [0, 0.1) is 0 Å². The van der Waals surface area contributed by atoms with Crippen LogP contribution in [0.2, 0.25) is 0 Å². The van der Waals surface area contributed by atoms with Crippen molar-refractivity contribution < 1.29 is 19.2 Å². The van der Waals surface area contributed by atoms with Gasteiger partial charge in [0.25, 0.3) is 0 Å². The van der Waals surface area contributed by atoms with Gasteiger partial charge in [-0.1, -0.05) is 6.07 Å². The fraction of sp³-hybridized carbons (Fsp3) is 0.474. The van der Waals surface area contributed by atoms with Crippen molar-refractivity contribution in [1.29, 1.82) is 0 Å². The highest BCUT2D eigenvalue weighted by atomic mass is 16.2. The fourth-order valence-electron chi connectivity index (χ4n) is 2.78. The third-order valence-electron chi connectivity index (χ3n) is 4.14. The van der Waals surface area contributed by atoms with Crippen LogP contribution in [0.3, 0.4) is 0 Å². The molecule has 0 aliphatic rings. The Kier molecular flexibility index (Phi) is 9.05. The van der Waals surface area contributed by atoms with Gasteiger partial charge in [0.05, 0.1) is 11.4 Å². The van der Waals surface area contributed by atoms with Gasteiger partial charge in [0.2, 0.25) is 12.3 Å². The van der Waals surface area contributed by atoms with E-state index in [2.05, 4.69) is 5.32 Å². The van der Waals surface area contributed by atoms with Crippen molar-refractivity contribution >= 4 is 36.3 Å². The number of aldehydes is 2. The van der Waals surface area contributed by atoms with E-state index >= 15 is 0 Å². The Morgan fingerprint density at radius 1 is 1.12 bits per heavy atom. The summed E-state index contributed by atoms with van der Waals surface area (Å²) in [6, 6.07) is 4.89. The topological polar surface area (TPSA) is 86.8 Å². The average molecular weight is 361 g/mol. The normalized spacial score (nSPS) is 11.3. The van der Waals surface area contributed by atoms with Gasteiger partial charge in [-0.05, 0) is 37.0 Å². The minimum absolute atomic E-state index is 0.184. The lowest BCUT2D eigenvalue weighted by Crippen LogP contribution is -2.46. The molecular weight excluding hydrogens is 334 g/mol. The number of hydrogen-bond donors (Lipinski definition) is 1. The van der Waals surface area contributed by atoms with E-state index in [4.69, 9.17) is 0 Å². The number of benzene rings is 1. The highest BCUT2D eigenvalue weighted by Crippen LogP contribution is 2.31. The molecule has 0 fully saturated rings. The van der Waals surface area contributed by atoms with Crippen LogP contribution in [0.15, 0.2) is 18.2 Å². The Hall–Kier alpha value is -2.70. The second-order valence-corrected chi connectivity index (χ2v) is 6.16. The zero-order chi connectivity index (χ0) is 19.5. The highest BCUT2D eigenvalue weighted by molar-refractivity contribution is 5.95. The first kappa shape index (κ1) is 21.3. The third-order valence-corrected chi connectivity index (χ3v) is 4.14.